The first kappa shape index (κ1) is 22.2. The van der Waals surface area contributed by atoms with Crippen molar-refractivity contribution in [3.63, 3.8) is 0 Å². The number of pyridine rings is 1. The minimum absolute atomic E-state index is 0.0546. The van der Waals surface area contributed by atoms with Crippen molar-refractivity contribution in [1.29, 1.82) is 0 Å². The molecule has 6 N–H and O–H groups in total. The summed E-state index contributed by atoms with van der Waals surface area (Å²) >= 11 is 0. The topological polar surface area (TPSA) is 171 Å². The number of hydrogen-bond acceptors (Lipinski definition) is 8. The highest BCUT2D eigenvalue weighted by Gasteiger charge is 2.63. The third kappa shape index (κ3) is 2.87. The van der Waals surface area contributed by atoms with Crippen LogP contribution in [-0.4, -0.2) is 54.6 Å². The number of nitrogens with two attached hydrogens (primary N) is 1. The molecule has 0 bridgehead atoms. The number of carbonyl (C=O) groups excluding carboxylic acids is 3. The van der Waals surface area contributed by atoms with E-state index in [0.29, 0.717) is 16.8 Å². The summed E-state index contributed by atoms with van der Waals surface area (Å²) < 4.78 is 0. The zero-order chi connectivity index (χ0) is 24.5. The molecular formula is C25H24N2O7. The Morgan fingerprint density at radius 1 is 1.18 bits per heavy atom. The molecular weight excluding hydrogens is 440 g/mol. The molecule has 3 aliphatic carbocycles. The third-order valence-corrected chi connectivity index (χ3v) is 7.53. The highest BCUT2D eigenvalue weighted by Crippen LogP contribution is 2.52. The van der Waals surface area contributed by atoms with Gasteiger partial charge in [0, 0.05) is 23.3 Å². The van der Waals surface area contributed by atoms with Crippen LogP contribution in [0.25, 0.3) is 17.0 Å². The summed E-state index contributed by atoms with van der Waals surface area (Å²) in [5.41, 5.74) is 5.42. The largest absolute Gasteiger partial charge is 0.507 e. The molecule has 1 heterocycles. The fraction of sp³-hybridized carbons (Fsp3) is 0.360. The Labute approximate surface area is 194 Å². The van der Waals surface area contributed by atoms with E-state index in [1.165, 1.54) is 6.07 Å². The summed E-state index contributed by atoms with van der Waals surface area (Å²) in [6.07, 6.45) is 0.432. The molecule has 34 heavy (non-hydrogen) atoms. The van der Waals surface area contributed by atoms with Crippen molar-refractivity contribution >= 4 is 23.2 Å². The van der Waals surface area contributed by atoms with Gasteiger partial charge in [-0.1, -0.05) is 6.07 Å². The van der Waals surface area contributed by atoms with Crippen LogP contribution in [0.1, 0.15) is 29.5 Å². The number of rotatable bonds is 2. The van der Waals surface area contributed by atoms with E-state index in [1.54, 1.807) is 18.3 Å². The number of aromatic hydroxyl groups is 1. The van der Waals surface area contributed by atoms with Crippen LogP contribution >= 0.6 is 0 Å². The lowest BCUT2D eigenvalue weighted by atomic mass is 9.56. The fourth-order valence-corrected chi connectivity index (χ4v) is 5.91. The fourth-order valence-electron chi connectivity index (χ4n) is 5.91. The van der Waals surface area contributed by atoms with Crippen LogP contribution in [0.15, 0.2) is 36.0 Å². The van der Waals surface area contributed by atoms with Gasteiger partial charge in [0.15, 0.2) is 11.4 Å². The Morgan fingerprint density at radius 3 is 2.59 bits per heavy atom. The van der Waals surface area contributed by atoms with Gasteiger partial charge in [-0.2, -0.15) is 0 Å². The minimum Gasteiger partial charge on any atom is -0.507 e. The van der Waals surface area contributed by atoms with Crippen molar-refractivity contribution < 1.29 is 34.8 Å². The molecule has 1 aromatic heterocycles. The Morgan fingerprint density at radius 2 is 1.91 bits per heavy atom. The quantitative estimate of drug-likeness (QED) is 0.409. The smallest absolute Gasteiger partial charge is 0.230 e. The van der Waals surface area contributed by atoms with Crippen LogP contribution in [0.5, 0.6) is 5.75 Å². The van der Waals surface area contributed by atoms with Crippen LogP contribution in [0.2, 0.25) is 0 Å². The lowest BCUT2D eigenvalue weighted by Crippen LogP contribution is -2.66. The number of aryl methyl sites for hydroxylation is 1. The summed E-state index contributed by atoms with van der Waals surface area (Å²) in [6.45, 7) is 1.89. The zero-order valence-corrected chi connectivity index (χ0v) is 18.4. The molecule has 1 aromatic carbocycles. The first-order valence-electron chi connectivity index (χ1n) is 11.1. The maximum atomic E-state index is 13.5. The van der Waals surface area contributed by atoms with Gasteiger partial charge in [-0.05, 0) is 61.4 Å². The van der Waals surface area contributed by atoms with Crippen molar-refractivity contribution in [2.45, 2.75) is 37.9 Å². The maximum absolute atomic E-state index is 13.5. The van der Waals surface area contributed by atoms with Gasteiger partial charge in [-0.25, -0.2) is 0 Å². The summed E-state index contributed by atoms with van der Waals surface area (Å²) in [6, 6.07) is 6.79. The van der Waals surface area contributed by atoms with Gasteiger partial charge in [0.1, 0.15) is 17.4 Å². The molecule has 1 amide bonds. The second-order valence-electron chi connectivity index (χ2n) is 9.39. The predicted octanol–water partition coefficient (Wildman–Crippen LogP) is 0.959. The van der Waals surface area contributed by atoms with Gasteiger partial charge in [0.25, 0.3) is 0 Å². The number of aliphatic hydroxyl groups is 3. The molecule has 9 nitrogen and oxygen atoms in total. The number of Topliss-reactive ketones (excluding diaryl/α,β-unsaturated/α-hetero) is 2. The number of amides is 1. The number of carbonyl (C=O) groups is 3. The van der Waals surface area contributed by atoms with Crippen LogP contribution in [0, 0.1) is 24.7 Å². The first-order valence-corrected chi connectivity index (χ1v) is 11.1. The van der Waals surface area contributed by atoms with Gasteiger partial charge in [0.2, 0.25) is 11.7 Å². The number of hydrogen-bond donors (Lipinski definition) is 5. The van der Waals surface area contributed by atoms with E-state index < -0.39 is 52.7 Å². The molecule has 0 aliphatic heterocycles. The molecule has 2 fully saturated rings. The number of phenols is 1. The van der Waals surface area contributed by atoms with Crippen molar-refractivity contribution in [3.8, 4) is 17.0 Å². The standard InChI is InChI=1S/C25H24N2O7/c1-10-3-2-6-27-20(10)13-4-5-15(28)18-14(13)8-11-7-12-9-16(29)19(24(26)33)23(32)25(12,34)22(31)17(11)21(18)30/h2-6,11-12,16,19,28-30,34H,7-9H2,1H3,(H2,26,33)/t11-,12+,16?,19?,25+/m1/s1. The summed E-state index contributed by atoms with van der Waals surface area (Å²) in [5, 5.41) is 43.4. The molecule has 2 unspecified atom stereocenters. The Bertz CT molecular complexity index is 1300. The van der Waals surface area contributed by atoms with Gasteiger partial charge in [0.05, 0.1) is 17.4 Å². The Kier molecular flexibility index (Phi) is 4.89. The molecule has 0 radical (unpaired) electrons. The summed E-state index contributed by atoms with van der Waals surface area (Å²) in [7, 11) is 0. The minimum atomic E-state index is -2.58. The molecule has 5 atom stereocenters. The van der Waals surface area contributed by atoms with Crippen LogP contribution in [0.4, 0.5) is 0 Å². The summed E-state index contributed by atoms with van der Waals surface area (Å²) in [4.78, 5) is 42.8. The Balaban J connectivity index is 1.68. The first-order chi connectivity index (χ1) is 16.1. The number of aromatic nitrogens is 1. The predicted molar refractivity (Wildman–Crippen MR) is 119 cm³/mol. The van der Waals surface area contributed by atoms with Crippen LogP contribution < -0.4 is 5.73 Å². The van der Waals surface area contributed by atoms with E-state index in [2.05, 4.69) is 4.98 Å². The van der Waals surface area contributed by atoms with Gasteiger partial charge < -0.3 is 26.2 Å². The average molecular weight is 464 g/mol. The molecule has 3 aliphatic rings. The normalized spacial score (nSPS) is 30.4. The summed E-state index contributed by atoms with van der Waals surface area (Å²) in [5.74, 6) is -7.28. The van der Waals surface area contributed by atoms with Crippen molar-refractivity contribution in [3.05, 3.63) is 52.7 Å². The number of benzene rings is 1. The molecule has 5 rings (SSSR count). The number of aliphatic hydroxyl groups excluding tert-OH is 2. The van der Waals surface area contributed by atoms with E-state index in [9.17, 15) is 34.8 Å². The molecule has 0 saturated heterocycles. The van der Waals surface area contributed by atoms with Gasteiger partial charge >= 0.3 is 0 Å². The maximum Gasteiger partial charge on any atom is 0.230 e. The highest BCUT2D eigenvalue weighted by atomic mass is 16.3. The van der Waals surface area contributed by atoms with E-state index >= 15 is 0 Å². The lowest BCUT2D eigenvalue weighted by Gasteiger charge is -2.48. The molecule has 176 valence electrons. The molecule has 2 aromatic rings. The van der Waals surface area contributed by atoms with Gasteiger partial charge in [-0.3, -0.25) is 19.4 Å². The average Bonchev–Trinajstić information content (AvgIpc) is 2.77. The van der Waals surface area contributed by atoms with E-state index in [4.69, 9.17) is 5.73 Å². The Hall–Kier alpha value is -3.56. The van der Waals surface area contributed by atoms with Crippen molar-refractivity contribution in [2.75, 3.05) is 0 Å². The number of nitrogens with zero attached hydrogens (tertiary/aromatic N) is 1. The van der Waals surface area contributed by atoms with E-state index in [1.807, 2.05) is 13.0 Å². The molecule has 0 spiro atoms. The van der Waals surface area contributed by atoms with E-state index in [-0.39, 0.29) is 36.1 Å². The zero-order valence-electron chi connectivity index (χ0n) is 18.4. The van der Waals surface area contributed by atoms with E-state index in [0.717, 1.165) is 5.56 Å². The van der Waals surface area contributed by atoms with Crippen molar-refractivity contribution in [2.24, 2.45) is 23.5 Å². The second kappa shape index (κ2) is 7.48. The van der Waals surface area contributed by atoms with Gasteiger partial charge in [-0.15, -0.1) is 0 Å². The van der Waals surface area contributed by atoms with Crippen molar-refractivity contribution in [1.82, 2.24) is 4.98 Å². The SMILES string of the molecule is Cc1cccnc1-c1ccc(O)c2c1C[C@H]1C[C@H]3CC(O)C(C(N)=O)C(=O)[C@@]3(O)C(=O)C1=C2O. The second-order valence-corrected chi connectivity index (χ2v) is 9.39. The van der Waals surface area contributed by atoms with Crippen LogP contribution in [-0.2, 0) is 20.8 Å². The highest BCUT2D eigenvalue weighted by molar-refractivity contribution is 6.24. The number of fused-ring (bicyclic) bond motifs is 3. The number of phenolic OH excluding ortho intramolecular Hbond substituents is 1. The number of primary amides is 1. The number of ketones is 2. The lowest BCUT2D eigenvalue weighted by molar-refractivity contribution is -0.174. The third-order valence-electron chi connectivity index (χ3n) is 7.53. The molecule has 9 heteroatoms. The van der Waals surface area contributed by atoms with Crippen LogP contribution in [0.3, 0.4) is 0 Å². The molecule has 2 saturated carbocycles. The monoisotopic (exact) mass is 464 g/mol.